The molecule has 1 aromatic heterocycles. The van der Waals surface area contributed by atoms with Gasteiger partial charge in [-0.3, -0.25) is 4.99 Å². The molecule has 1 nitrogen and oxygen atoms in total. The van der Waals surface area contributed by atoms with Gasteiger partial charge in [0.15, 0.2) is 0 Å². The predicted octanol–water partition coefficient (Wildman–Crippen LogP) is 5.11. The van der Waals surface area contributed by atoms with Crippen LogP contribution >= 0.6 is 23.1 Å². The Morgan fingerprint density at radius 1 is 1.11 bits per heavy atom. The molecule has 1 heterocycles. The van der Waals surface area contributed by atoms with Crippen molar-refractivity contribution in [1.29, 1.82) is 0 Å². The molecule has 94 valence electrons. The molecular weight excluding hydrogens is 279 g/mol. The fourth-order valence-electron chi connectivity index (χ4n) is 1.26. The van der Waals surface area contributed by atoms with E-state index in [9.17, 15) is 13.2 Å². The number of para-hydroxylation sites is 1. The largest absolute Gasteiger partial charge is 0.446 e. The van der Waals surface area contributed by atoms with Gasteiger partial charge < -0.3 is 0 Å². The number of hydrogen-bond acceptors (Lipinski definition) is 3. The Balaban J connectivity index is 2.15. The van der Waals surface area contributed by atoms with E-state index in [2.05, 4.69) is 4.99 Å². The van der Waals surface area contributed by atoms with E-state index in [1.54, 1.807) is 17.5 Å². The second-order valence-electron chi connectivity index (χ2n) is 3.29. The second kappa shape index (κ2) is 5.58. The molecule has 0 saturated carbocycles. The molecule has 1 aromatic carbocycles. The van der Waals surface area contributed by atoms with Crippen molar-refractivity contribution in [2.24, 2.45) is 4.99 Å². The van der Waals surface area contributed by atoms with E-state index in [1.807, 2.05) is 18.2 Å². The van der Waals surface area contributed by atoms with E-state index in [0.717, 1.165) is 0 Å². The van der Waals surface area contributed by atoms with E-state index in [4.69, 9.17) is 0 Å². The molecule has 0 aliphatic carbocycles. The quantitative estimate of drug-likeness (QED) is 0.564. The van der Waals surface area contributed by atoms with E-state index < -0.39 is 5.51 Å². The standard InChI is InChI=1S/C12H8F3NS2/c13-12(14,15)18-10-6-7-17-11(10)8-16-9-4-2-1-3-5-9/h1-8H. The van der Waals surface area contributed by atoms with Gasteiger partial charge in [-0.2, -0.15) is 13.2 Å². The van der Waals surface area contributed by atoms with Gasteiger partial charge >= 0.3 is 5.51 Å². The van der Waals surface area contributed by atoms with Crippen molar-refractivity contribution in [3.8, 4) is 0 Å². The van der Waals surface area contributed by atoms with Crippen LogP contribution in [0.5, 0.6) is 0 Å². The Morgan fingerprint density at radius 3 is 2.50 bits per heavy atom. The maximum Gasteiger partial charge on any atom is 0.446 e. The Kier molecular flexibility index (Phi) is 4.08. The average Bonchev–Trinajstić information content (AvgIpc) is 2.73. The summed E-state index contributed by atoms with van der Waals surface area (Å²) in [5, 5.41) is 1.63. The first kappa shape index (κ1) is 13.2. The molecule has 0 amide bonds. The fraction of sp³-hybridized carbons (Fsp3) is 0.0833. The zero-order chi connectivity index (χ0) is 13.0. The van der Waals surface area contributed by atoms with E-state index in [0.29, 0.717) is 10.6 Å². The van der Waals surface area contributed by atoms with Crippen molar-refractivity contribution in [2.45, 2.75) is 10.4 Å². The van der Waals surface area contributed by atoms with Crippen LogP contribution in [0.25, 0.3) is 0 Å². The summed E-state index contributed by atoms with van der Waals surface area (Å²) < 4.78 is 36.9. The summed E-state index contributed by atoms with van der Waals surface area (Å²) in [6.07, 6.45) is 1.47. The van der Waals surface area contributed by atoms with Gasteiger partial charge in [0.2, 0.25) is 0 Å². The van der Waals surface area contributed by atoms with Crippen LogP contribution in [0.1, 0.15) is 4.88 Å². The molecule has 0 aliphatic rings. The molecule has 0 N–H and O–H groups in total. The third kappa shape index (κ3) is 3.89. The SMILES string of the molecule is FC(F)(F)Sc1ccsc1C=Nc1ccccc1. The first-order valence-corrected chi connectivity index (χ1v) is 6.66. The van der Waals surface area contributed by atoms with Crippen LogP contribution in [-0.4, -0.2) is 11.7 Å². The molecule has 0 spiro atoms. The summed E-state index contributed by atoms with van der Waals surface area (Å²) in [6, 6.07) is 10.5. The molecule has 0 atom stereocenters. The normalized spacial score (nSPS) is 12.2. The minimum absolute atomic E-state index is 0.112. The lowest BCUT2D eigenvalue weighted by atomic mass is 10.3. The summed E-state index contributed by atoms with van der Waals surface area (Å²) in [6.45, 7) is 0. The summed E-state index contributed by atoms with van der Waals surface area (Å²) in [5.74, 6) is 0. The topological polar surface area (TPSA) is 12.4 Å². The second-order valence-corrected chi connectivity index (χ2v) is 5.35. The molecule has 0 unspecified atom stereocenters. The number of halogens is 3. The molecule has 2 rings (SSSR count). The van der Waals surface area contributed by atoms with Crippen LogP contribution < -0.4 is 0 Å². The predicted molar refractivity (Wildman–Crippen MR) is 69.9 cm³/mol. The summed E-state index contributed by atoms with van der Waals surface area (Å²) in [4.78, 5) is 4.85. The van der Waals surface area contributed by atoms with Crippen LogP contribution in [0.4, 0.5) is 18.9 Å². The number of thioether (sulfide) groups is 1. The van der Waals surface area contributed by atoms with Crippen LogP contribution in [0.15, 0.2) is 51.7 Å². The zero-order valence-corrected chi connectivity index (χ0v) is 10.6. The first-order chi connectivity index (χ1) is 8.54. The lowest BCUT2D eigenvalue weighted by Crippen LogP contribution is -1.99. The van der Waals surface area contributed by atoms with Crippen molar-refractivity contribution in [3.05, 3.63) is 46.7 Å². The summed E-state index contributed by atoms with van der Waals surface area (Å²) in [5.41, 5.74) is -3.55. The van der Waals surface area contributed by atoms with Gasteiger partial charge in [0.25, 0.3) is 0 Å². The number of benzene rings is 1. The van der Waals surface area contributed by atoms with E-state index >= 15 is 0 Å². The number of alkyl halides is 3. The number of thiophene rings is 1. The number of aliphatic imine (C=N–C) groups is 1. The smallest absolute Gasteiger partial charge is 0.255 e. The van der Waals surface area contributed by atoms with Crippen LogP contribution in [0.3, 0.4) is 0 Å². The molecule has 2 aromatic rings. The van der Waals surface area contributed by atoms with Crippen LogP contribution in [0.2, 0.25) is 0 Å². The van der Waals surface area contributed by atoms with Gasteiger partial charge in [0.1, 0.15) is 0 Å². The van der Waals surface area contributed by atoms with Crippen molar-refractivity contribution in [2.75, 3.05) is 0 Å². The van der Waals surface area contributed by atoms with E-state index in [-0.39, 0.29) is 16.7 Å². The maximum atomic E-state index is 12.3. The average molecular weight is 287 g/mol. The van der Waals surface area contributed by atoms with Gasteiger partial charge in [-0.25, -0.2) is 0 Å². The molecule has 6 heteroatoms. The number of nitrogens with zero attached hydrogens (tertiary/aromatic N) is 1. The first-order valence-electron chi connectivity index (χ1n) is 4.97. The maximum absolute atomic E-state index is 12.3. The summed E-state index contributed by atoms with van der Waals surface area (Å²) in [7, 11) is 0. The third-order valence-electron chi connectivity index (χ3n) is 1.97. The monoisotopic (exact) mass is 287 g/mol. The third-order valence-corrected chi connectivity index (χ3v) is 3.76. The Labute approximate surface area is 110 Å². The molecule has 18 heavy (non-hydrogen) atoms. The van der Waals surface area contributed by atoms with Crippen molar-refractivity contribution in [3.63, 3.8) is 0 Å². The van der Waals surface area contributed by atoms with Gasteiger partial charge in [0.05, 0.1) is 10.6 Å². The molecule has 0 aliphatic heterocycles. The minimum atomic E-state index is -4.27. The highest BCUT2D eigenvalue weighted by atomic mass is 32.2. The number of rotatable bonds is 3. The van der Waals surface area contributed by atoms with Gasteiger partial charge in [-0.15, -0.1) is 11.3 Å². The lowest BCUT2D eigenvalue weighted by molar-refractivity contribution is -0.0328. The molecule has 0 bridgehead atoms. The van der Waals surface area contributed by atoms with Gasteiger partial charge in [-0.05, 0) is 35.3 Å². The molecule has 0 radical (unpaired) electrons. The van der Waals surface area contributed by atoms with Gasteiger partial charge in [0, 0.05) is 11.1 Å². The minimum Gasteiger partial charge on any atom is -0.255 e. The van der Waals surface area contributed by atoms with Crippen LogP contribution in [-0.2, 0) is 0 Å². The Hall–Kier alpha value is -1.27. The van der Waals surface area contributed by atoms with Crippen LogP contribution in [0, 0.1) is 0 Å². The highest BCUT2D eigenvalue weighted by Gasteiger charge is 2.30. The Morgan fingerprint density at radius 2 is 1.83 bits per heavy atom. The molecule has 0 fully saturated rings. The highest BCUT2D eigenvalue weighted by molar-refractivity contribution is 8.00. The van der Waals surface area contributed by atoms with Crippen molar-refractivity contribution >= 4 is 35.0 Å². The zero-order valence-electron chi connectivity index (χ0n) is 9.02. The van der Waals surface area contributed by atoms with Gasteiger partial charge in [-0.1, -0.05) is 18.2 Å². The van der Waals surface area contributed by atoms with E-state index in [1.165, 1.54) is 23.6 Å². The number of hydrogen-bond donors (Lipinski definition) is 0. The molecule has 0 saturated heterocycles. The fourth-order valence-corrected chi connectivity index (χ4v) is 2.80. The van der Waals surface area contributed by atoms with Crippen molar-refractivity contribution < 1.29 is 13.2 Å². The molecular formula is C12H8F3NS2. The highest BCUT2D eigenvalue weighted by Crippen LogP contribution is 2.39. The Bertz CT molecular complexity index is 532. The summed E-state index contributed by atoms with van der Waals surface area (Å²) >= 11 is 1.13. The lowest BCUT2D eigenvalue weighted by Gasteiger charge is -2.03. The van der Waals surface area contributed by atoms with Crippen molar-refractivity contribution in [1.82, 2.24) is 0 Å².